The van der Waals surface area contributed by atoms with Crippen LogP contribution in [0.5, 0.6) is 0 Å². The Morgan fingerprint density at radius 3 is 2.47 bits per heavy atom. The van der Waals surface area contributed by atoms with Gasteiger partial charge in [0.05, 0.1) is 10.7 Å². The molecule has 0 aliphatic rings. The van der Waals surface area contributed by atoms with Gasteiger partial charge in [-0.2, -0.15) is 15.1 Å². The molecule has 1 aromatic carbocycles. The van der Waals surface area contributed by atoms with Crippen molar-refractivity contribution in [3.05, 3.63) is 40.0 Å². The van der Waals surface area contributed by atoms with E-state index in [9.17, 15) is 0 Å². The van der Waals surface area contributed by atoms with Gasteiger partial charge < -0.3 is 0 Å². The third-order valence-electron chi connectivity index (χ3n) is 1.68. The summed E-state index contributed by atoms with van der Waals surface area (Å²) >= 11 is 17.5. The summed E-state index contributed by atoms with van der Waals surface area (Å²) < 4.78 is 1.05. The summed E-state index contributed by atoms with van der Waals surface area (Å²) in [6.07, 6.45) is 1.16. The second-order valence-electron chi connectivity index (χ2n) is 2.79. The average Bonchev–Trinajstić information content (AvgIpc) is 2.30. The molecule has 86 valence electrons. The SMILES string of the molecule is N#CC(C#N)=CNN(Cl)c1ccc(Cl)cc1Cl. The quantitative estimate of drug-likeness (QED) is 0.526. The van der Waals surface area contributed by atoms with Crippen molar-refractivity contribution in [3.8, 4) is 12.1 Å². The van der Waals surface area contributed by atoms with Crippen molar-refractivity contribution in [3.63, 3.8) is 0 Å². The maximum absolute atomic E-state index is 8.51. The Balaban J connectivity index is 2.85. The van der Waals surface area contributed by atoms with Gasteiger partial charge in [0.1, 0.15) is 17.7 Å². The van der Waals surface area contributed by atoms with E-state index in [1.54, 1.807) is 24.3 Å². The van der Waals surface area contributed by atoms with Gasteiger partial charge in [0.15, 0.2) is 0 Å². The molecule has 1 aromatic rings. The van der Waals surface area contributed by atoms with Crippen molar-refractivity contribution in [2.24, 2.45) is 0 Å². The first-order valence-corrected chi connectivity index (χ1v) is 5.35. The molecular formula is C10H5Cl3N4. The van der Waals surface area contributed by atoms with Gasteiger partial charge in [0, 0.05) is 23.0 Å². The van der Waals surface area contributed by atoms with E-state index >= 15 is 0 Å². The van der Waals surface area contributed by atoms with Gasteiger partial charge in [-0.3, -0.25) is 5.43 Å². The van der Waals surface area contributed by atoms with E-state index in [4.69, 9.17) is 45.5 Å². The predicted molar refractivity (Wildman–Crippen MR) is 67.2 cm³/mol. The summed E-state index contributed by atoms with van der Waals surface area (Å²) in [6, 6.07) is 8.09. The Kier molecular flexibility index (Phi) is 4.93. The van der Waals surface area contributed by atoms with Crippen molar-refractivity contribution in [1.82, 2.24) is 5.43 Å². The summed E-state index contributed by atoms with van der Waals surface area (Å²) in [5, 5.41) is 17.8. The Bertz CT molecular complexity index is 511. The lowest BCUT2D eigenvalue weighted by molar-refractivity contribution is 0.946. The van der Waals surface area contributed by atoms with E-state index in [1.807, 2.05) is 0 Å². The molecule has 0 saturated heterocycles. The summed E-state index contributed by atoms with van der Waals surface area (Å²) in [4.78, 5) is 0. The summed E-state index contributed by atoms with van der Waals surface area (Å²) in [7, 11) is 0. The van der Waals surface area contributed by atoms with Gasteiger partial charge in [-0.15, -0.1) is 0 Å². The number of halogens is 3. The maximum Gasteiger partial charge on any atom is 0.147 e. The first-order valence-electron chi connectivity index (χ1n) is 4.26. The number of nitrogens with one attached hydrogen (secondary N) is 1. The molecule has 0 aliphatic carbocycles. The fourth-order valence-corrected chi connectivity index (χ4v) is 1.65. The van der Waals surface area contributed by atoms with Gasteiger partial charge in [0.25, 0.3) is 0 Å². The molecule has 1 N–H and O–H groups in total. The first kappa shape index (κ1) is 13.5. The third kappa shape index (κ3) is 3.72. The molecule has 0 amide bonds. The maximum atomic E-state index is 8.51. The summed E-state index contributed by atoms with van der Waals surface area (Å²) in [6.45, 7) is 0. The lowest BCUT2D eigenvalue weighted by atomic mass is 10.3. The molecule has 0 atom stereocenters. The topological polar surface area (TPSA) is 62.9 Å². The van der Waals surface area contributed by atoms with Crippen LogP contribution in [0.1, 0.15) is 0 Å². The van der Waals surface area contributed by atoms with E-state index in [0.717, 1.165) is 10.7 Å². The number of nitrogens with zero attached hydrogens (tertiary/aromatic N) is 3. The van der Waals surface area contributed by atoms with Crippen LogP contribution in [0.4, 0.5) is 5.69 Å². The molecule has 1 rings (SSSR count). The molecule has 0 saturated carbocycles. The number of anilines is 1. The van der Waals surface area contributed by atoms with E-state index in [2.05, 4.69) is 5.43 Å². The van der Waals surface area contributed by atoms with Gasteiger partial charge in [-0.25, -0.2) is 0 Å². The van der Waals surface area contributed by atoms with Crippen molar-refractivity contribution < 1.29 is 0 Å². The summed E-state index contributed by atoms with van der Waals surface area (Å²) in [5.74, 6) is 0. The van der Waals surface area contributed by atoms with Gasteiger partial charge in [0.2, 0.25) is 0 Å². The fraction of sp³-hybridized carbons (Fsp3) is 0. The molecule has 4 nitrogen and oxygen atoms in total. The number of allylic oxidation sites excluding steroid dienone is 1. The van der Waals surface area contributed by atoms with Crippen LogP contribution in [-0.4, -0.2) is 0 Å². The average molecular weight is 288 g/mol. The second kappa shape index (κ2) is 6.22. The number of nitriles is 2. The Hall–Kier alpha value is -1.59. The van der Waals surface area contributed by atoms with Crippen LogP contribution in [0.3, 0.4) is 0 Å². The predicted octanol–water partition coefficient (Wildman–Crippen LogP) is 3.39. The third-order valence-corrected chi connectivity index (χ3v) is 2.50. The van der Waals surface area contributed by atoms with Crippen LogP contribution in [-0.2, 0) is 0 Å². The number of hydrazine groups is 1. The van der Waals surface area contributed by atoms with Crippen LogP contribution in [0.25, 0.3) is 0 Å². The first-order chi connectivity index (χ1) is 8.08. The smallest absolute Gasteiger partial charge is 0.147 e. The molecule has 0 spiro atoms. The fourth-order valence-electron chi connectivity index (χ4n) is 0.921. The summed E-state index contributed by atoms with van der Waals surface area (Å²) in [5.41, 5.74) is 2.86. The molecule has 17 heavy (non-hydrogen) atoms. The largest absolute Gasteiger partial charge is 0.289 e. The van der Waals surface area contributed by atoms with Crippen molar-refractivity contribution in [2.45, 2.75) is 0 Å². The monoisotopic (exact) mass is 286 g/mol. The molecular weight excluding hydrogens is 282 g/mol. The van der Waals surface area contributed by atoms with Crippen LogP contribution in [0.2, 0.25) is 10.0 Å². The van der Waals surface area contributed by atoms with Crippen molar-refractivity contribution >= 4 is 40.7 Å². The number of benzene rings is 1. The van der Waals surface area contributed by atoms with Crippen LogP contribution >= 0.6 is 35.0 Å². The minimum absolute atomic E-state index is 0.110. The lowest BCUT2D eigenvalue weighted by Gasteiger charge is -2.16. The number of hydrogen-bond acceptors (Lipinski definition) is 4. The molecule has 0 radical (unpaired) electrons. The van der Waals surface area contributed by atoms with E-state index in [1.165, 1.54) is 6.07 Å². The normalized spacial score (nSPS) is 8.76. The highest BCUT2D eigenvalue weighted by molar-refractivity contribution is 6.38. The zero-order chi connectivity index (χ0) is 12.8. The van der Waals surface area contributed by atoms with Crippen LogP contribution in [0, 0.1) is 22.7 Å². The van der Waals surface area contributed by atoms with E-state index < -0.39 is 0 Å². The highest BCUT2D eigenvalue weighted by Gasteiger charge is 2.07. The molecule has 0 heterocycles. The molecule has 7 heteroatoms. The second-order valence-corrected chi connectivity index (χ2v) is 3.97. The van der Waals surface area contributed by atoms with Crippen LogP contribution < -0.4 is 9.95 Å². The van der Waals surface area contributed by atoms with Gasteiger partial charge >= 0.3 is 0 Å². The standard InChI is InChI=1S/C10H5Cl3N4/c11-8-1-2-10(9(12)3-8)17(13)16-6-7(4-14)5-15/h1-3,6,16H. The Morgan fingerprint density at radius 1 is 1.29 bits per heavy atom. The minimum Gasteiger partial charge on any atom is -0.289 e. The molecule has 0 fully saturated rings. The van der Waals surface area contributed by atoms with E-state index in [-0.39, 0.29) is 5.57 Å². The number of rotatable bonds is 3. The molecule has 0 aromatic heterocycles. The minimum atomic E-state index is -0.110. The van der Waals surface area contributed by atoms with Gasteiger partial charge in [-0.05, 0) is 18.2 Å². The van der Waals surface area contributed by atoms with Crippen molar-refractivity contribution in [1.29, 1.82) is 10.5 Å². The molecule has 0 unspecified atom stereocenters. The highest BCUT2D eigenvalue weighted by Crippen LogP contribution is 2.28. The Labute approximate surface area is 113 Å². The zero-order valence-corrected chi connectivity index (χ0v) is 10.6. The van der Waals surface area contributed by atoms with Crippen molar-refractivity contribution in [2.75, 3.05) is 4.53 Å². The molecule has 0 aliphatic heterocycles. The van der Waals surface area contributed by atoms with Gasteiger partial charge in [-0.1, -0.05) is 23.2 Å². The number of hydrogen-bond donors (Lipinski definition) is 1. The Morgan fingerprint density at radius 2 is 1.94 bits per heavy atom. The van der Waals surface area contributed by atoms with Crippen LogP contribution in [0.15, 0.2) is 30.0 Å². The zero-order valence-electron chi connectivity index (χ0n) is 8.28. The highest BCUT2D eigenvalue weighted by atomic mass is 35.5. The van der Waals surface area contributed by atoms with E-state index in [0.29, 0.717) is 15.7 Å². The molecule has 0 bridgehead atoms. The lowest BCUT2D eigenvalue weighted by Crippen LogP contribution is -2.24.